The molecule has 3 aromatic carbocycles. The van der Waals surface area contributed by atoms with E-state index in [0.29, 0.717) is 23.7 Å². The minimum atomic E-state index is -4.13. The second-order valence-electron chi connectivity index (χ2n) is 9.87. The van der Waals surface area contributed by atoms with Gasteiger partial charge in [0.1, 0.15) is 12.6 Å². The highest BCUT2D eigenvalue weighted by atomic mass is 35.5. The van der Waals surface area contributed by atoms with E-state index >= 15 is 0 Å². The lowest BCUT2D eigenvalue weighted by molar-refractivity contribution is -0.140. The normalized spacial score (nSPS) is 12.2. The van der Waals surface area contributed by atoms with Gasteiger partial charge in [0, 0.05) is 18.1 Å². The molecule has 0 aromatic heterocycles. The highest BCUT2D eigenvalue weighted by Gasteiger charge is 2.33. The SMILES string of the molecule is CC[C@@H](C(=O)NCC(C)C)N(Cc1cccc(C)c1)C(=O)CN(c1ccccc1)S(=O)(=O)c1ccc(Cl)cc1. The third kappa shape index (κ3) is 8.07. The molecule has 1 atom stereocenters. The summed E-state index contributed by atoms with van der Waals surface area (Å²) in [6.45, 7) is 7.95. The fourth-order valence-corrected chi connectivity index (χ4v) is 5.75. The molecule has 1 N–H and O–H groups in total. The van der Waals surface area contributed by atoms with E-state index in [9.17, 15) is 18.0 Å². The van der Waals surface area contributed by atoms with Crippen LogP contribution in [0.25, 0.3) is 0 Å². The number of halogens is 1. The second-order valence-corrected chi connectivity index (χ2v) is 12.2. The Kier molecular flexibility index (Phi) is 10.5. The molecule has 0 bridgehead atoms. The molecule has 0 unspecified atom stereocenters. The maximum atomic E-state index is 14.0. The lowest BCUT2D eigenvalue weighted by Gasteiger charge is -2.33. The molecule has 208 valence electrons. The first-order valence-electron chi connectivity index (χ1n) is 13.0. The lowest BCUT2D eigenvalue weighted by Crippen LogP contribution is -2.52. The molecule has 2 amide bonds. The average molecular weight is 570 g/mol. The van der Waals surface area contributed by atoms with Gasteiger partial charge in [-0.15, -0.1) is 0 Å². The average Bonchev–Trinajstić information content (AvgIpc) is 2.91. The van der Waals surface area contributed by atoms with Gasteiger partial charge in [0.25, 0.3) is 10.0 Å². The zero-order chi connectivity index (χ0) is 28.6. The van der Waals surface area contributed by atoms with Gasteiger partial charge in [-0.05, 0) is 61.2 Å². The standard InChI is InChI=1S/C30H36ClN3O4S/c1-5-28(30(36)32-19-22(2)3)33(20-24-11-9-10-23(4)18-24)29(35)21-34(26-12-7-6-8-13-26)39(37,38)27-16-14-25(31)15-17-27/h6-18,22,28H,5,19-21H2,1-4H3,(H,32,36)/t28-/m0/s1. The zero-order valence-corrected chi connectivity index (χ0v) is 24.4. The summed E-state index contributed by atoms with van der Waals surface area (Å²) >= 11 is 5.99. The molecule has 0 radical (unpaired) electrons. The van der Waals surface area contributed by atoms with Gasteiger partial charge in [-0.3, -0.25) is 13.9 Å². The first kappa shape index (κ1) is 30.2. The first-order chi connectivity index (χ1) is 18.5. The van der Waals surface area contributed by atoms with Crippen LogP contribution in [0.1, 0.15) is 38.3 Å². The largest absolute Gasteiger partial charge is 0.354 e. The van der Waals surface area contributed by atoms with Gasteiger partial charge in [-0.2, -0.15) is 0 Å². The van der Waals surface area contributed by atoms with Crippen LogP contribution in [0.15, 0.2) is 83.8 Å². The number of amides is 2. The summed E-state index contributed by atoms with van der Waals surface area (Å²) in [5, 5.41) is 3.34. The van der Waals surface area contributed by atoms with Gasteiger partial charge in [0.15, 0.2) is 0 Å². The van der Waals surface area contributed by atoms with Crippen molar-refractivity contribution >= 4 is 39.1 Å². The number of benzene rings is 3. The summed E-state index contributed by atoms with van der Waals surface area (Å²) in [5.74, 6) is -0.506. The Morgan fingerprint density at radius 1 is 0.949 bits per heavy atom. The van der Waals surface area contributed by atoms with Gasteiger partial charge < -0.3 is 10.2 Å². The number of rotatable bonds is 12. The number of para-hydroxylation sites is 1. The molecule has 0 fully saturated rings. The molecule has 0 heterocycles. The van der Waals surface area contributed by atoms with E-state index in [2.05, 4.69) is 5.32 Å². The summed E-state index contributed by atoms with van der Waals surface area (Å²) < 4.78 is 28.7. The summed E-state index contributed by atoms with van der Waals surface area (Å²) in [5.41, 5.74) is 2.22. The molecule has 0 saturated heterocycles. The highest BCUT2D eigenvalue weighted by molar-refractivity contribution is 7.92. The smallest absolute Gasteiger partial charge is 0.264 e. The Morgan fingerprint density at radius 2 is 1.62 bits per heavy atom. The third-order valence-corrected chi connectivity index (χ3v) is 8.27. The molecule has 7 nitrogen and oxygen atoms in total. The van der Waals surface area contributed by atoms with Crippen molar-refractivity contribution in [2.24, 2.45) is 5.92 Å². The van der Waals surface area contributed by atoms with Crippen LogP contribution in [0.5, 0.6) is 0 Å². The van der Waals surface area contributed by atoms with Crippen molar-refractivity contribution in [1.82, 2.24) is 10.2 Å². The van der Waals surface area contributed by atoms with E-state index < -0.39 is 28.5 Å². The van der Waals surface area contributed by atoms with Crippen LogP contribution < -0.4 is 9.62 Å². The minimum absolute atomic E-state index is 0.00973. The Hall–Kier alpha value is -3.36. The van der Waals surface area contributed by atoms with Crippen molar-refractivity contribution in [2.45, 2.75) is 51.6 Å². The lowest BCUT2D eigenvalue weighted by atomic mass is 10.1. The van der Waals surface area contributed by atoms with E-state index in [-0.39, 0.29) is 23.3 Å². The van der Waals surface area contributed by atoms with Crippen molar-refractivity contribution in [3.8, 4) is 0 Å². The van der Waals surface area contributed by atoms with Crippen LogP contribution >= 0.6 is 11.6 Å². The Bertz CT molecular complexity index is 1360. The van der Waals surface area contributed by atoms with Gasteiger partial charge in [-0.25, -0.2) is 8.42 Å². The van der Waals surface area contributed by atoms with Gasteiger partial charge >= 0.3 is 0 Å². The summed E-state index contributed by atoms with van der Waals surface area (Å²) in [4.78, 5) is 28.7. The third-order valence-electron chi connectivity index (χ3n) is 6.23. The molecule has 0 aliphatic heterocycles. The number of carbonyl (C=O) groups is 2. The Labute approximate surface area is 236 Å². The maximum Gasteiger partial charge on any atom is 0.264 e. The zero-order valence-electron chi connectivity index (χ0n) is 22.8. The van der Waals surface area contributed by atoms with Crippen molar-refractivity contribution in [3.05, 3.63) is 95.0 Å². The van der Waals surface area contributed by atoms with E-state index in [1.807, 2.05) is 52.0 Å². The Balaban J connectivity index is 2.02. The molecule has 0 aliphatic rings. The predicted molar refractivity (Wildman–Crippen MR) is 156 cm³/mol. The monoisotopic (exact) mass is 569 g/mol. The first-order valence-corrected chi connectivity index (χ1v) is 14.8. The fraction of sp³-hybridized carbons (Fsp3) is 0.333. The molecule has 0 aliphatic carbocycles. The number of hydrogen-bond donors (Lipinski definition) is 1. The maximum absolute atomic E-state index is 14.0. The fourth-order valence-electron chi connectivity index (χ4n) is 4.21. The van der Waals surface area contributed by atoms with E-state index in [0.717, 1.165) is 15.4 Å². The number of sulfonamides is 1. The minimum Gasteiger partial charge on any atom is -0.354 e. The number of carbonyl (C=O) groups excluding carboxylic acids is 2. The number of aryl methyl sites for hydroxylation is 1. The van der Waals surface area contributed by atoms with Crippen molar-refractivity contribution in [3.63, 3.8) is 0 Å². The van der Waals surface area contributed by atoms with Crippen LogP contribution in [0.2, 0.25) is 5.02 Å². The van der Waals surface area contributed by atoms with Crippen LogP contribution in [-0.2, 0) is 26.2 Å². The van der Waals surface area contributed by atoms with Crippen molar-refractivity contribution in [2.75, 3.05) is 17.4 Å². The number of nitrogens with one attached hydrogen (secondary N) is 1. The number of anilines is 1. The van der Waals surface area contributed by atoms with Gasteiger partial charge in [0.2, 0.25) is 11.8 Å². The van der Waals surface area contributed by atoms with Crippen molar-refractivity contribution < 1.29 is 18.0 Å². The van der Waals surface area contributed by atoms with Crippen LogP contribution in [0.3, 0.4) is 0 Å². The highest BCUT2D eigenvalue weighted by Crippen LogP contribution is 2.25. The van der Waals surface area contributed by atoms with Crippen LogP contribution in [0, 0.1) is 12.8 Å². The summed E-state index contributed by atoms with van der Waals surface area (Å²) in [7, 11) is -4.13. The molecular weight excluding hydrogens is 534 g/mol. The molecule has 3 rings (SSSR count). The molecular formula is C30H36ClN3O4S. The molecule has 39 heavy (non-hydrogen) atoms. The summed E-state index contributed by atoms with van der Waals surface area (Å²) in [6, 6.07) is 21.2. The van der Waals surface area contributed by atoms with Crippen LogP contribution in [-0.4, -0.2) is 44.3 Å². The van der Waals surface area contributed by atoms with Crippen LogP contribution in [0.4, 0.5) is 5.69 Å². The Morgan fingerprint density at radius 3 is 2.21 bits per heavy atom. The van der Waals surface area contributed by atoms with Gasteiger partial charge in [0.05, 0.1) is 10.6 Å². The number of hydrogen-bond acceptors (Lipinski definition) is 4. The second kappa shape index (κ2) is 13.6. The molecule has 0 saturated carbocycles. The summed E-state index contributed by atoms with van der Waals surface area (Å²) in [6.07, 6.45) is 0.372. The topological polar surface area (TPSA) is 86.8 Å². The van der Waals surface area contributed by atoms with E-state index in [1.165, 1.54) is 29.2 Å². The molecule has 0 spiro atoms. The number of nitrogens with zero attached hydrogens (tertiary/aromatic N) is 2. The van der Waals surface area contributed by atoms with Crippen molar-refractivity contribution in [1.29, 1.82) is 0 Å². The molecule has 9 heteroatoms. The predicted octanol–water partition coefficient (Wildman–Crippen LogP) is 5.42. The van der Waals surface area contributed by atoms with E-state index in [1.54, 1.807) is 30.3 Å². The van der Waals surface area contributed by atoms with E-state index in [4.69, 9.17) is 11.6 Å². The molecule has 3 aromatic rings. The quantitative estimate of drug-likeness (QED) is 0.315. The van der Waals surface area contributed by atoms with Gasteiger partial charge in [-0.1, -0.05) is 80.4 Å².